The second-order valence-electron chi connectivity index (χ2n) is 4.94. The fraction of sp³-hybridized carbons (Fsp3) is 0.294. The third kappa shape index (κ3) is 6.45. The summed E-state index contributed by atoms with van der Waals surface area (Å²) in [6.07, 6.45) is 1.08. The van der Waals surface area contributed by atoms with Gasteiger partial charge in [0, 0.05) is 18.0 Å². The molecule has 0 aliphatic rings. The normalized spacial score (nSPS) is 10.2. The number of benzene rings is 1. The van der Waals surface area contributed by atoms with Gasteiger partial charge in [-0.3, -0.25) is 0 Å². The van der Waals surface area contributed by atoms with E-state index < -0.39 is 0 Å². The zero-order chi connectivity index (χ0) is 15.6. The van der Waals surface area contributed by atoms with E-state index in [0.717, 1.165) is 36.0 Å². The molecule has 22 heavy (non-hydrogen) atoms. The molecule has 2 rings (SSSR count). The molecular weight excluding hydrogens is 310 g/mol. The van der Waals surface area contributed by atoms with Crippen molar-refractivity contribution < 1.29 is 0 Å². The van der Waals surface area contributed by atoms with Crippen molar-refractivity contribution in [3.8, 4) is 0 Å². The fourth-order valence-electron chi connectivity index (χ4n) is 1.91. The first-order valence-electron chi connectivity index (χ1n) is 7.34. The molecule has 1 aromatic heterocycles. The maximum absolute atomic E-state index is 5.26. The lowest BCUT2D eigenvalue weighted by Crippen LogP contribution is -2.29. The lowest BCUT2D eigenvalue weighted by molar-refractivity contribution is 0.854. The molecule has 0 aliphatic carbocycles. The first-order chi connectivity index (χ1) is 10.7. The van der Waals surface area contributed by atoms with Crippen molar-refractivity contribution >= 4 is 34.9 Å². The van der Waals surface area contributed by atoms with Gasteiger partial charge in [-0.1, -0.05) is 36.4 Å². The van der Waals surface area contributed by atoms with Gasteiger partial charge in [0.15, 0.2) is 5.11 Å². The van der Waals surface area contributed by atoms with Gasteiger partial charge in [0.2, 0.25) is 0 Å². The zero-order valence-corrected chi connectivity index (χ0v) is 14.3. The third-order valence-corrected chi connectivity index (χ3v) is 4.35. The molecule has 1 heterocycles. The van der Waals surface area contributed by atoms with Crippen LogP contribution in [0.4, 0.5) is 5.82 Å². The van der Waals surface area contributed by atoms with Gasteiger partial charge >= 0.3 is 0 Å². The number of nitrogens with zero attached hydrogens (tertiary/aromatic N) is 1. The maximum atomic E-state index is 5.26. The molecule has 2 N–H and O–H groups in total. The van der Waals surface area contributed by atoms with Crippen LogP contribution in [0.2, 0.25) is 0 Å². The lowest BCUT2D eigenvalue weighted by atomic mass is 10.2. The number of aromatic nitrogens is 1. The van der Waals surface area contributed by atoms with E-state index in [1.807, 2.05) is 36.9 Å². The molecular formula is C17H21N3S2. The summed E-state index contributed by atoms with van der Waals surface area (Å²) in [5, 5.41) is 6.95. The second kappa shape index (κ2) is 9.43. The Kier molecular flexibility index (Phi) is 7.19. The summed E-state index contributed by atoms with van der Waals surface area (Å²) >= 11 is 7.21. The molecule has 0 fully saturated rings. The minimum absolute atomic E-state index is 0.631. The van der Waals surface area contributed by atoms with Crippen LogP contribution in [0.15, 0.2) is 48.5 Å². The first kappa shape index (κ1) is 16.8. The summed E-state index contributed by atoms with van der Waals surface area (Å²) in [6, 6.07) is 16.4. The minimum atomic E-state index is 0.631. The number of rotatable bonds is 7. The highest BCUT2D eigenvalue weighted by Gasteiger charge is 1.99. The zero-order valence-electron chi connectivity index (χ0n) is 12.7. The van der Waals surface area contributed by atoms with Crippen molar-refractivity contribution in [1.29, 1.82) is 0 Å². The highest BCUT2D eigenvalue weighted by Crippen LogP contribution is 2.12. The SMILES string of the molecule is Cc1cccc(NC(=S)NCCCSCc2ccccc2)n1. The molecule has 0 radical (unpaired) electrons. The topological polar surface area (TPSA) is 37.0 Å². The monoisotopic (exact) mass is 331 g/mol. The maximum Gasteiger partial charge on any atom is 0.171 e. The van der Waals surface area contributed by atoms with Gasteiger partial charge in [0.05, 0.1) is 0 Å². The number of thioether (sulfide) groups is 1. The van der Waals surface area contributed by atoms with E-state index in [1.54, 1.807) is 0 Å². The number of thiocarbonyl (C=S) groups is 1. The highest BCUT2D eigenvalue weighted by atomic mass is 32.2. The quantitative estimate of drug-likeness (QED) is 0.592. The first-order valence-corrected chi connectivity index (χ1v) is 8.90. The van der Waals surface area contributed by atoms with Crippen LogP contribution in [0.25, 0.3) is 0 Å². The average Bonchev–Trinajstić information content (AvgIpc) is 2.52. The molecule has 0 amide bonds. The standard InChI is InChI=1S/C17H21N3S2/c1-14-7-5-10-16(19-14)20-17(21)18-11-6-12-22-13-15-8-3-2-4-9-15/h2-5,7-10H,6,11-13H2,1H3,(H2,18,19,20,21). The van der Waals surface area contributed by atoms with Crippen molar-refractivity contribution in [2.45, 2.75) is 19.1 Å². The lowest BCUT2D eigenvalue weighted by Gasteiger charge is -2.10. The van der Waals surface area contributed by atoms with Gasteiger partial charge in [-0.15, -0.1) is 0 Å². The molecule has 0 unspecified atom stereocenters. The van der Waals surface area contributed by atoms with E-state index in [4.69, 9.17) is 12.2 Å². The summed E-state index contributed by atoms with van der Waals surface area (Å²) in [5.74, 6) is 2.97. The Morgan fingerprint density at radius 3 is 2.73 bits per heavy atom. The molecule has 0 aliphatic heterocycles. The smallest absolute Gasteiger partial charge is 0.171 e. The van der Waals surface area contributed by atoms with E-state index in [1.165, 1.54) is 5.56 Å². The van der Waals surface area contributed by atoms with Crippen molar-refractivity contribution in [3.05, 3.63) is 59.8 Å². The number of nitrogens with one attached hydrogen (secondary N) is 2. The summed E-state index contributed by atoms with van der Waals surface area (Å²) in [6.45, 7) is 2.84. The van der Waals surface area contributed by atoms with Gasteiger partial charge in [-0.25, -0.2) is 4.98 Å². The van der Waals surface area contributed by atoms with Crippen LogP contribution in [-0.2, 0) is 5.75 Å². The molecule has 116 valence electrons. The Labute approximate surface area is 141 Å². The number of aryl methyl sites for hydroxylation is 1. The van der Waals surface area contributed by atoms with Crippen LogP contribution in [0.1, 0.15) is 17.7 Å². The van der Waals surface area contributed by atoms with Crippen LogP contribution in [0.5, 0.6) is 0 Å². The van der Waals surface area contributed by atoms with E-state index >= 15 is 0 Å². The average molecular weight is 332 g/mol. The molecule has 5 heteroatoms. The number of hydrogen-bond acceptors (Lipinski definition) is 3. The molecule has 1 aromatic carbocycles. The van der Waals surface area contributed by atoms with Crippen LogP contribution in [-0.4, -0.2) is 22.4 Å². The van der Waals surface area contributed by atoms with E-state index in [-0.39, 0.29) is 0 Å². The van der Waals surface area contributed by atoms with Crippen LogP contribution in [0, 0.1) is 6.92 Å². The number of pyridine rings is 1. The Morgan fingerprint density at radius 1 is 1.14 bits per heavy atom. The van der Waals surface area contributed by atoms with Gasteiger partial charge in [0.25, 0.3) is 0 Å². The van der Waals surface area contributed by atoms with Crippen molar-refractivity contribution in [2.75, 3.05) is 17.6 Å². The van der Waals surface area contributed by atoms with Crippen molar-refractivity contribution in [3.63, 3.8) is 0 Å². The highest BCUT2D eigenvalue weighted by molar-refractivity contribution is 7.98. The third-order valence-electron chi connectivity index (χ3n) is 2.99. The molecule has 0 saturated carbocycles. The number of hydrogen-bond donors (Lipinski definition) is 2. The summed E-state index contributed by atoms with van der Waals surface area (Å²) in [7, 11) is 0. The predicted molar refractivity (Wildman–Crippen MR) is 100 cm³/mol. The van der Waals surface area contributed by atoms with E-state index in [9.17, 15) is 0 Å². The van der Waals surface area contributed by atoms with Gasteiger partial charge in [0.1, 0.15) is 5.82 Å². The Bertz CT molecular complexity index is 587. The number of anilines is 1. The van der Waals surface area contributed by atoms with Gasteiger partial charge in [-0.05, 0) is 49.0 Å². The van der Waals surface area contributed by atoms with Crippen LogP contribution < -0.4 is 10.6 Å². The fourth-order valence-corrected chi connectivity index (χ4v) is 3.04. The van der Waals surface area contributed by atoms with E-state index in [2.05, 4.69) is 45.9 Å². The van der Waals surface area contributed by atoms with Crippen LogP contribution in [0.3, 0.4) is 0 Å². The van der Waals surface area contributed by atoms with Crippen LogP contribution >= 0.6 is 24.0 Å². The Morgan fingerprint density at radius 2 is 1.95 bits per heavy atom. The Balaban J connectivity index is 1.56. The Hall–Kier alpha value is -1.59. The molecule has 3 nitrogen and oxygen atoms in total. The van der Waals surface area contributed by atoms with Gasteiger partial charge in [-0.2, -0.15) is 11.8 Å². The molecule has 2 aromatic rings. The predicted octanol–water partition coefficient (Wildman–Crippen LogP) is 4.00. The van der Waals surface area contributed by atoms with Crippen molar-refractivity contribution in [1.82, 2.24) is 10.3 Å². The van der Waals surface area contributed by atoms with Gasteiger partial charge < -0.3 is 10.6 Å². The summed E-state index contributed by atoms with van der Waals surface area (Å²) < 4.78 is 0. The molecule has 0 spiro atoms. The largest absolute Gasteiger partial charge is 0.362 e. The summed E-state index contributed by atoms with van der Waals surface area (Å²) in [5.41, 5.74) is 2.35. The second-order valence-corrected chi connectivity index (χ2v) is 6.45. The van der Waals surface area contributed by atoms with E-state index in [0.29, 0.717) is 5.11 Å². The molecule has 0 atom stereocenters. The minimum Gasteiger partial charge on any atom is -0.362 e. The molecule has 0 bridgehead atoms. The molecule has 0 saturated heterocycles. The van der Waals surface area contributed by atoms with Crippen molar-refractivity contribution in [2.24, 2.45) is 0 Å². The summed E-state index contributed by atoms with van der Waals surface area (Å²) in [4.78, 5) is 4.36.